The molecule has 1 aliphatic heterocycles. The summed E-state index contributed by atoms with van der Waals surface area (Å²) in [6.07, 6.45) is 1.06. The fourth-order valence-electron chi connectivity index (χ4n) is 2.59. The van der Waals surface area contributed by atoms with E-state index in [-0.39, 0.29) is 23.9 Å². The van der Waals surface area contributed by atoms with Crippen LogP contribution in [-0.2, 0) is 11.3 Å². The van der Waals surface area contributed by atoms with Gasteiger partial charge in [0.15, 0.2) is 0 Å². The van der Waals surface area contributed by atoms with Gasteiger partial charge in [0.05, 0.1) is 17.8 Å². The highest BCUT2D eigenvalue weighted by atomic mass is 19.1. The van der Waals surface area contributed by atoms with Crippen molar-refractivity contribution in [2.75, 3.05) is 32.1 Å². The molecule has 1 aromatic carbocycles. The number of anilines is 1. The summed E-state index contributed by atoms with van der Waals surface area (Å²) in [4.78, 5) is 15.7. The van der Waals surface area contributed by atoms with Gasteiger partial charge in [-0.25, -0.2) is 4.39 Å². The Morgan fingerprint density at radius 3 is 2.65 bits per heavy atom. The summed E-state index contributed by atoms with van der Waals surface area (Å²) in [6.45, 7) is 3.46. The highest BCUT2D eigenvalue weighted by Crippen LogP contribution is 2.24. The molecule has 1 aliphatic rings. The minimum absolute atomic E-state index is 0.0792. The number of carbonyl (C=O) groups excluding carboxylic acids is 1. The SMILES string of the molecule is C[C@@H](C(=O)NCc1ccc(N2CCC(O)CC2)c(F)c1)N(C)C. The predicted octanol–water partition coefficient (Wildman–Crippen LogP) is 1.35. The molecule has 1 amide bonds. The number of hydrogen-bond donors (Lipinski definition) is 2. The third-order valence-corrected chi connectivity index (χ3v) is 4.44. The summed E-state index contributed by atoms with van der Waals surface area (Å²) in [7, 11) is 3.68. The minimum atomic E-state index is -0.284. The number of nitrogens with one attached hydrogen (secondary N) is 1. The van der Waals surface area contributed by atoms with Crippen molar-refractivity contribution >= 4 is 11.6 Å². The van der Waals surface area contributed by atoms with E-state index in [1.54, 1.807) is 6.07 Å². The van der Waals surface area contributed by atoms with Crippen LogP contribution in [0.3, 0.4) is 0 Å². The van der Waals surface area contributed by atoms with Crippen LogP contribution in [0.1, 0.15) is 25.3 Å². The lowest BCUT2D eigenvalue weighted by atomic mass is 10.1. The predicted molar refractivity (Wildman–Crippen MR) is 88.8 cm³/mol. The standard InChI is InChI=1S/C17H26FN3O2/c1-12(20(2)3)17(23)19-11-13-4-5-16(15(18)10-13)21-8-6-14(22)7-9-21/h4-5,10,12,14,22H,6-9,11H2,1-3H3,(H,19,23)/t12-/m0/s1. The summed E-state index contributed by atoms with van der Waals surface area (Å²) in [6, 6.07) is 4.84. The maximum absolute atomic E-state index is 14.3. The van der Waals surface area contributed by atoms with Gasteiger partial charge in [0.25, 0.3) is 0 Å². The third-order valence-electron chi connectivity index (χ3n) is 4.44. The molecule has 0 unspecified atom stereocenters. The Hall–Kier alpha value is -1.66. The molecule has 0 radical (unpaired) electrons. The zero-order chi connectivity index (χ0) is 17.0. The van der Waals surface area contributed by atoms with Crippen molar-refractivity contribution in [3.8, 4) is 0 Å². The van der Waals surface area contributed by atoms with Crippen molar-refractivity contribution in [1.82, 2.24) is 10.2 Å². The summed E-state index contributed by atoms with van der Waals surface area (Å²) in [5, 5.41) is 12.3. The van der Waals surface area contributed by atoms with Crippen molar-refractivity contribution in [2.45, 2.75) is 38.5 Å². The molecule has 0 saturated carbocycles. The molecular weight excluding hydrogens is 297 g/mol. The largest absolute Gasteiger partial charge is 0.393 e. The molecular formula is C17H26FN3O2. The lowest BCUT2D eigenvalue weighted by molar-refractivity contribution is -0.125. The van der Waals surface area contributed by atoms with E-state index in [0.717, 1.165) is 5.56 Å². The van der Waals surface area contributed by atoms with Gasteiger partial charge in [-0.05, 0) is 51.6 Å². The van der Waals surface area contributed by atoms with Crippen LogP contribution < -0.4 is 10.2 Å². The van der Waals surface area contributed by atoms with Gasteiger partial charge < -0.3 is 15.3 Å². The molecule has 1 heterocycles. The molecule has 128 valence electrons. The average molecular weight is 323 g/mol. The number of halogens is 1. The molecule has 23 heavy (non-hydrogen) atoms. The highest BCUT2D eigenvalue weighted by molar-refractivity contribution is 5.81. The Balaban J connectivity index is 1.95. The first-order valence-electron chi connectivity index (χ1n) is 8.04. The van der Waals surface area contributed by atoms with Crippen LogP contribution >= 0.6 is 0 Å². The van der Waals surface area contributed by atoms with Gasteiger partial charge in [-0.1, -0.05) is 6.07 Å². The lowest BCUT2D eigenvalue weighted by Crippen LogP contribution is -2.41. The fraction of sp³-hybridized carbons (Fsp3) is 0.588. The first-order valence-corrected chi connectivity index (χ1v) is 8.04. The van der Waals surface area contributed by atoms with Gasteiger partial charge in [-0.2, -0.15) is 0 Å². The maximum atomic E-state index is 14.3. The summed E-state index contributed by atoms with van der Waals surface area (Å²) >= 11 is 0. The number of carbonyl (C=O) groups is 1. The number of rotatable bonds is 5. The molecule has 2 N–H and O–H groups in total. The van der Waals surface area contributed by atoms with Gasteiger partial charge in [0, 0.05) is 19.6 Å². The van der Waals surface area contributed by atoms with Gasteiger partial charge in [-0.3, -0.25) is 9.69 Å². The molecule has 0 spiro atoms. The van der Waals surface area contributed by atoms with Crippen molar-refractivity contribution in [1.29, 1.82) is 0 Å². The van der Waals surface area contributed by atoms with E-state index in [0.29, 0.717) is 38.2 Å². The van der Waals surface area contributed by atoms with E-state index in [1.165, 1.54) is 6.07 Å². The van der Waals surface area contributed by atoms with Crippen LogP contribution in [0, 0.1) is 5.82 Å². The second-order valence-corrected chi connectivity index (χ2v) is 6.36. The topological polar surface area (TPSA) is 55.8 Å². The zero-order valence-corrected chi connectivity index (χ0v) is 14.1. The van der Waals surface area contributed by atoms with Crippen molar-refractivity contribution < 1.29 is 14.3 Å². The van der Waals surface area contributed by atoms with Crippen molar-refractivity contribution in [3.63, 3.8) is 0 Å². The smallest absolute Gasteiger partial charge is 0.237 e. The second kappa shape index (κ2) is 7.75. The highest BCUT2D eigenvalue weighted by Gasteiger charge is 2.20. The first-order chi connectivity index (χ1) is 10.9. The van der Waals surface area contributed by atoms with Gasteiger partial charge in [0.2, 0.25) is 5.91 Å². The molecule has 6 heteroatoms. The molecule has 1 saturated heterocycles. The molecule has 2 rings (SSSR count). The number of nitrogens with zero attached hydrogens (tertiary/aromatic N) is 2. The third kappa shape index (κ3) is 4.65. The quantitative estimate of drug-likeness (QED) is 0.859. The Labute approximate surface area is 137 Å². The van der Waals surface area contributed by atoms with Crippen LogP contribution in [0.25, 0.3) is 0 Å². The minimum Gasteiger partial charge on any atom is -0.393 e. The maximum Gasteiger partial charge on any atom is 0.237 e. The number of aliphatic hydroxyl groups is 1. The zero-order valence-electron chi connectivity index (χ0n) is 14.1. The number of amides is 1. The van der Waals surface area contributed by atoms with E-state index in [9.17, 15) is 14.3 Å². The van der Waals surface area contributed by atoms with Crippen molar-refractivity contribution in [2.24, 2.45) is 0 Å². The number of piperidine rings is 1. The van der Waals surface area contributed by atoms with Gasteiger partial charge in [-0.15, -0.1) is 0 Å². The average Bonchev–Trinajstić information content (AvgIpc) is 2.53. The van der Waals surface area contributed by atoms with Crippen LogP contribution in [0.4, 0.5) is 10.1 Å². The van der Waals surface area contributed by atoms with E-state index < -0.39 is 0 Å². The Morgan fingerprint density at radius 2 is 2.09 bits per heavy atom. The molecule has 0 bridgehead atoms. The van der Waals surface area contributed by atoms with E-state index in [2.05, 4.69) is 5.32 Å². The van der Waals surface area contributed by atoms with Crippen LogP contribution in [0.5, 0.6) is 0 Å². The van der Waals surface area contributed by atoms with Gasteiger partial charge >= 0.3 is 0 Å². The molecule has 1 aromatic rings. The Morgan fingerprint density at radius 1 is 1.43 bits per heavy atom. The van der Waals surface area contributed by atoms with Crippen LogP contribution in [0.15, 0.2) is 18.2 Å². The molecule has 0 aliphatic carbocycles. The summed E-state index contributed by atoms with van der Waals surface area (Å²) in [5.74, 6) is -0.363. The lowest BCUT2D eigenvalue weighted by Gasteiger charge is -2.31. The Bertz CT molecular complexity index is 543. The molecule has 0 aromatic heterocycles. The van der Waals surface area contributed by atoms with Crippen LogP contribution in [0.2, 0.25) is 0 Å². The van der Waals surface area contributed by atoms with E-state index in [1.807, 2.05) is 36.9 Å². The number of hydrogen-bond acceptors (Lipinski definition) is 4. The summed E-state index contributed by atoms with van der Waals surface area (Å²) < 4.78 is 14.3. The number of benzene rings is 1. The number of aliphatic hydroxyl groups excluding tert-OH is 1. The second-order valence-electron chi connectivity index (χ2n) is 6.36. The number of likely N-dealkylation sites (N-methyl/N-ethyl adjacent to an activating group) is 1. The van der Waals surface area contributed by atoms with Crippen LogP contribution in [-0.4, -0.2) is 55.2 Å². The molecule has 5 nitrogen and oxygen atoms in total. The monoisotopic (exact) mass is 323 g/mol. The van der Waals surface area contributed by atoms with Crippen molar-refractivity contribution in [3.05, 3.63) is 29.6 Å². The van der Waals surface area contributed by atoms with Gasteiger partial charge in [0.1, 0.15) is 5.82 Å². The normalized spacial score (nSPS) is 17.4. The first kappa shape index (κ1) is 17.7. The fourth-order valence-corrected chi connectivity index (χ4v) is 2.59. The Kier molecular flexibility index (Phi) is 5.96. The van der Waals surface area contributed by atoms with E-state index in [4.69, 9.17) is 0 Å². The van der Waals surface area contributed by atoms with E-state index >= 15 is 0 Å². The summed E-state index contributed by atoms with van der Waals surface area (Å²) in [5.41, 5.74) is 1.30. The molecule has 1 fully saturated rings. The molecule has 1 atom stereocenters.